The third-order valence-electron chi connectivity index (χ3n) is 19.6. The number of phosphoric ester groups is 2. The minimum absolute atomic E-state index is 0.108. The second-order valence-corrected chi connectivity index (χ2v) is 34.6. The van der Waals surface area contributed by atoms with Gasteiger partial charge in [0.1, 0.15) is 19.3 Å². The van der Waals surface area contributed by atoms with Gasteiger partial charge in [-0.2, -0.15) is 0 Å². The van der Waals surface area contributed by atoms with Crippen molar-refractivity contribution in [3.8, 4) is 0 Å². The molecule has 0 aliphatic carbocycles. The summed E-state index contributed by atoms with van der Waals surface area (Å²) in [5, 5.41) is 10.7. The first-order chi connectivity index (χ1) is 49.7. The van der Waals surface area contributed by atoms with Crippen LogP contribution in [0.1, 0.15) is 440 Å². The molecule has 19 heteroatoms. The van der Waals surface area contributed by atoms with Crippen LogP contribution in [0.5, 0.6) is 0 Å². The van der Waals surface area contributed by atoms with Crippen molar-refractivity contribution in [2.45, 2.75) is 458 Å². The molecule has 0 aromatic heterocycles. The summed E-state index contributed by atoms with van der Waals surface area (Å²) in [6.07, 6.45) is 63.7. The summed E-state index contributed by atoms with van der Waals surface area (Å²) in [4.78, 5) is 73.2. The van der Waals surface area contributed by atoms with Crippen molar-refractivity contribution in [2.75, 3.05) is 39.6 Å². The molecule has 3 N–H and O–H groups in total. The highest BCUT2D eigenvalue weighted by Crippen LogP contribution is 2.45. The highest BCUT2D eigenvalue weighted by atomic mass is 31.2. The Balaban J connectivity index is 5.26. The van der Waals surface area contributed by atoms with Crippen molar-refractivity contribution in [1.82, 2.24) is 0 Å². The topological polar surface area (TPSA) is 237 Å². The standard InChI is InChI=1S/C84H164O17P2/c1-8-9-10-11-12-13-14-15-16-20-25-31-38-46-53-60-67-84(89)101-80(72-95-82(87)66-59-52-45-40-33-36-43-50-57-64-77(6)7)74-99-103(92,93)97-70-78(85)69-96-102(90,91)98-73-79(71-94-81(86)65-58-51-44-37-30-27-22-24-29-35-42-49-56-63-76(4)5)100-83(88)68-61-54-47-39-32-26-21-18-17-19-23-28-34-41-48-55-62-75(2)3/h75-80,85H,8-74H2,1-7H3,(H,90,91)(H,92,93)/t78-,79-,80-/m1/s1. The minimum atomic E-state index is -4.96. The molecule has 0 bridgehead atoms. The molecule has 0 rings (SSSR count). The fourth-order valence-corrected chi connectivity index (χ4v) is 14.6. The molecule has 2 unspecified atom stereocenters. The van der Waals surface area contributed by atoms with Gasteiger partial charge in [0.25, 0.3) is 0 Å². The Bertz CT molecular complexity index is 1990. The molecule has 0 aromatic carbocycles. The van der Waals surface area contributed by atoms with Gasteiger partial charge < -0.3 is 33.8 Å². The van der Waals surface area contributed by atoms with Gasteiger partial charge in [-0.1, -0.05) is 389 Å². The lowest BCUT2D eigenvalue weighted by Gasteiger charge is -2.21. The predicted octanol–water partition coefficient (Wildman–Crippen LogP) is 25.3. The zero-order valence-electron chi connectivity index (χ0n) is 67.8. The van der Waals surface area contributed by atoms with Crippen LogP contribution < -0.4 is 0 Å². The number of hydrogen-bond acceptors (Lipinski definition) is 15. The van der Waals surface area contributed by atoms with E-state index < -0.39 is 97.5 Å². The van der Waals surface area contributed by atoms with Crippen molar-refractivity contribution >= 4 is 39.5 Å². The zero-order chi connectivity index (χ0) is 75.8. The van der Waals surface area contributed by atoms with E-state index in [0.29, 0.717) is 25.7 Å². The largest absolute Gasteiger partial charge is 0.472 e. The molecule has 0 amide bonds. The fraction of sp³-hybridized carbons (Fsp3) is 0.952. The third-order valence-corrected chi connectivity index (χ3v) is 21.5. The maximum Gasteiger partial charge on any atom is 0.472 e. The third kappa shape index (κ3) is 78.0. The van der Waals surface area contributed by atoms with Crippen molar-refractivity contribution in [3.05, 3.63) is 0 Å². The van der Waals surface area contributed by atoms with Gasteiger partial charge in [-0.05, 0) is 43.4 Å². The number of esters is 4. The fourth-order valence-electron chi connectivity index (χ4n) is 13.0. The van der Waals surface area contributed by atoms with E-state index in [2.05, 4.69) is 48.5 Å². The lowest BCUT2D eigenvalue weighted by molar-refractivity contribution is -0.161. The molecule has 612 valence electrons. The van der Waals surface area contributed by atoms with Crippen LogP contribution in [0.25, 0.3) is 0 Å². The van der Waals surface area contributed by atoms with Crippen LogP contribution in [0.3, 0.4) is 0 Å². The first kappa shape index (κ1) is 101. The molecule has 103 heavy (non-hydrogen) atoms. The first-order valence-corrected chi connectivity index (χ1v) is 46.3. The molecule has 0 aliphatic rings. The van der Waals surface area contributed by atoms with Gasteiger partial charge in [0.2, 0.25) is 0 Å². The number of unbranched alkanes of at least 4 members (excludes halogenated alkanes) is 50. The summed E-state index contributed by atoms with van der Waals surface area (Å²) in [6.45, 7) is 12.0. The van der Waals surface area contributed by atoms with Crippen molar-refractivity contribution < 1.29 is 80.2 Å². The molecular weight excluding hydrogens is 1340 g/mol. The number of hydrogen-bond donors (Lipinski definition) is 3. The molecule has 0 radical (unpaired) electrons. The average Bonchev–Trinajstić information content (AvgIpc) is 0.906. The summed E-state index contributed by atoms with van der Waals surface area (Å²) < 4.78 is 68.9. The first-order valence-electron chi connectivity index (χ1n) is 43.3. The minimum Gasteiger partial charge on any atom is -0.462 e. The lowest BCUT2D eigenvalue weighted by Crippen LogP contribution is -2.30. The van der Waals surface area contributed by atoms with Crippen LogP contribution in [0.4, 0.5) is 0 Å². The number of ether oxygens (including phenoxy) is 4. The summed E-state index contributed by atoms with van der Waals surface area (Å²) in [5.74, 6) is 0.239. The van der Waals surface area contributed by atoms with Gasteiger partial charge in [0, 0.05) is 25.7 Å². The quantitative estimate of drug-likeness (QED) is 0.0222. The van der Waals surface area contributed by atoms with E-state index >= 15 is 0 Å². The van der Waals surface area contributed by atoms with Crippen LogP contribution in [0.15, 0.2) is 0 Å². The maximum absolute atomic E-state index is 13.1. The highest BCUT2D eigenvalue weighted by Gasteiger charge is 2.30. The second-order valence-electron chi connectivity index (χ2n) is 31.6. The second kappa shape index (κ2) is 74.2. The number of aliphatic hydroxyl groups excluding tert-OH is 1. The summed E-state index contributed by atoms with van der Waals surface area (Å²) in [6, 6.07) is 0. The molecule has 0 fully saturated rings. The van der Waals surface area contributed by atoms with E-state index in [4.69, 9.17) is 37.0 Å². The highest BCUT2D eigenvalue weighted by molar-refractivity contribution is 7.47. The van der Waals surface area contributed by atoms with Gasteiger partial charge in [0.05, 0.1) is 26.4 Å². The Hall–Kier alpha value is -1.94. The van der Waals surface area contributed by atoms with Crippen molar-refractivity contribution in [3.63, 3.8) is 0 Å². The van der Waals surface area contributed by atoms with Crippen LogP contribution in [-0.4, -0.2) is 96.7 Å². The Labute approximate surface area is 632 Å². The van der Waals surface area contributed by atoms with E-state index in [0.717, 1.165) is 108 Å². The van der Waals surface area contributed by atoms with Gasteiger partial charge in [-0.3, -0.25) is 37.3 Å². The van der Waals surface area contributed by atoms with Gasteiger partial charge >= 0.3 is 39.5 Å². The molecule has 0 spiro atoms. The summed E-state index contributed by atoms with van der Waals surface area (Å²) >= 11 is 0. The number of rotatable bonds is 82. The Kier molecular flexibility index (Phi) is 72.8. The Morgan fingerprint density at radius 3 is 0.660 bits per heavy atom. The Morgan fingerprint density at radius 2 is 0.447 bits per heavy atom. The van der Waals surface area contributed by atoms with Crippen LogP contribution in [0.2, 0.25) is 0 Å². The maximum atomic E-state index is 13.1. The smallest absolute Gasteiger partial charge is 0.462 e. The van der Waals surface area contributed by atoms with Gasteiger partial charge in [-0.15, -0.1) is 0 Å². The molecule has 17 nitrogen and oxygen atoms in total. The van der Waals surface area contributed by atoms with Crippen molar-refractivity contribution in [2.24, 2.45) is 17.8 Å². The van der Waals surface area contributed by atoms with Crippen LogP contribution >= 0.6 is 15.6 Å². The van der Waals surface area contributed by atoms with E-state index in [1.54, 1.807) is 0 Å². The molecular formula is C84H164O17P2. The summed E-state index contributed by atoms with van der Waals surface area (Å²) in [7, 11) is -9.93. The van der Waals surface area contributed by atoms with E-state index in [1.807, 2.05) is 0 Å². The SMILES string of the molecule is CCCCCCCCCCCCCCCCCCC(=O)O[C@H](COC(=O)CCCCCCCCCCCC(C)C)COP(=O)(O)OC[C@H](O)COP(=O)(O)OC[C@@H](COC(=O)CCCCCCCCCCCCCCCC(C)C)OC(=O)CCCCCCCCCCCCCCCCCCC(C)C. The van der Waals surface area contributed by atoms with Crippen LogP contribution in [0, 0.1) is 17.8 Å². The average molecular weight is 1510 g/mol. The number of phosphoric acid groups is 2. The van der Waals surface area contributed by atoms with Gasteiger partial charge in [0.15, 0.2) is 12.2 Å². The van der Waals surface area contributed by atoms with Crippen LogP contribution in [-0.2, 0) is 65.4 Å². The van der Waals surface area contributed by atoms with Crippen molar-refractivity contribution in [1.29, 1.82) is 0 Å². The van der Waals surface area contributed by atoms with Gasteiger partial charge in [-0.25, -0.2) is 9.13 Å². The summed E-state index contributed by atoms with van der Waals surface area (Å²) in [5.41, 5.74) is 0. The number of aliphatic hydroxyl groups is 1. The molecule has 0 saturated carbocycles. The normalized spacial score (nSPS) is 13.9. The molecule has 0 saturated heterocycles. The molecule has 0 heterocycles. The monoisotopic (exact) mass is 1510 g/mol. The molecule has 0 aliphatic heterocycles. The lowest BCUT2D eigenvalue weighted by atomic mass is 10.0. The number of carbonyl (C=O) groups excluding carboxylic acids is 4. The zero-order valence-corrected chi connectivity index (χ0v) is 69.6. The van der Waals surface area contributed by atoms with E-state index in [-0.39, 0.29) is 25.7 Å². The molecule has 5 atom stereocenters. The molecule has 0 aromatic rings. The van der Waals surface area contributed by atoms with E-state index in [1.165, 1.54) is 250 Å². The van der Waals surface area contributed by atoms with E-state index in [9.17, 15) is 43.2 Å². The Morgan fingerprint density at radius 1 is 0.262 bits per heavy atom. The number of carbonyl (C=O) groups is 4. The predicted molar refractivity (Wildman–Crippen MR) is 423 cm³/mol.